The minimum Gasteiger partial charge on any atom is -0.466 e. The summed E-state index contributed by atoms with van der Waals surface area (Å²) in [5.74, 6) is 0.637. The minimum atomic E-state index is -0.949. The molecule has 0 aliphatic carbocycles. The van der Waals surface area contributed by atoms with Gasteiger partial charge in [0, 0.05) is 13.0 Å². The van der Waals surface area contributed by atoms with Gasteiger partial charge in [0.15, 0.2) is 0 Å². The Kier molecular flexibility index (Phi) is 4.40. The Labute approximate surface area is 114 Å². The SMILES string of the molecule is CN(C)CC[C@](O)(Cc1ccccc1)c1ccco1. The second-order valence-corrected chi connectivity index (χ2v) is 5.22. The second-order valence-electron chi connectivity index (χ2n) is 5.22. The van der Waals surface area contributed by atoms with Gasteiger partial charge >= 0.3 is 0 Å². The van der Waals surface area contributed by atoms with Gasteiger partial charge in [-0.3, -0.25) is 0 Å². The molecule has 1 heterocycles. The van der Waals surface area contributed by atoms with E-state index >= 15 is 0 Å². The lowest BCUT2D eigenvalue weighted by Gasteiger charge is -2.27. The number of aliphatic hydroxyl groups is 1. The molecule has 2 aromatic rings. The van der Waals surface area contributed by atoms with Crippen molar-refractivity contribution in [3.63, 3.8) is 0 Å². The van der Waals surface area contributed by atoms with Crippen molar-refractivity contribution in [2.45, 2.75) is 18.4 Å². The zero-order valence-corrected chi connectivity index (χ0v) is 11.5. The van der Waals surface area contributed by atoms with Crippen LogP contribution in [0.3, 0.4) is 0 Å². The summed E-state index contributed by atoms with van der Waals surface area (Å²) in [6.07, 6.45) is 2.82. The van der Waals surface area contributed by atoms with Gasteiger partial charge in [-0.25, -0.2) is 0 Å². The van der Waals surface area contributed by atoms with Crippen molar-refractivity contribution in [2.75, 3.05) is 20.6 Å². The Morgan fingerprint density at radius 1 is 1.11 bits per heavy atom. The van der Waals surface area contributed by atoms with Crippen LogP contribution in [0, 0.1) is 0 Å². The molecule has 0 radical (unpaired) electrons. The average molecular weight is 259 g/mol. The van der Waals surface area contributed by atoms with E-state index in [2.05, 4.69) is 4.90 Å². The highest BCUT2D eigenvalue weighted by Gasteiger charge is 2.32. The molecule has 0 amide bonds. The third-order valence-electron chi connectivity index (χ3n) is 3.29. The molecule has 1 N–H and O–H groups in total. The van der Waals surface area contributed by atoms with E-state index in [1.54, 1.807) is 6.26 Å². The smallest absolute Gasteiger partial charge is 0.135 e. The van der Waals surface area contributed by atoms with Crippen LogP contribution < -0.4 is 0 Å². The molecule has 2 rings (SSSR count). The molecule has 0 aliphatic heterocycles. The lowest BCUT2D eigenvalue weighted by Crippen LogP contribution is -2.32. The summed E-state index contributed by atoms with van der Waals surface area (Å²) < 4.78 is 5.43. The van der Waals surface area contributed by atoms with Gasteiger partial charge in [-0.05, 0) is 38.2 Å². The largest absolute Gasteiger partial charge is 0.466 e. The molecule has 1 aromatic carbocycles. The first-order valence-corrected chi connectivity index (χ1v) is 6.55. The van der Waals surface area contributed by atoms with E-state index in [0.29, 0.717) is 18.6 Å². The molecule has 3 heteroatoms. The summed E-state index contributed by atoms with van der Waals surface area (Å²) in [5, 5.41) is 11.0. The molecule has 19 heavy (non-hydrogen) atoms. The van der Waals surface area contributed by atoms with Gasteiger partial charge in [-0.1, -0.05) is 30.3 Å². The van der Waals surface area contributed by atoms with Gasteiger partial charge in [0.1, 0.15) is 11.4 Å². The van der Waals surface area contributed by atoms with Crippen molar-refractivity contribution >= 4 is 0 Å². The van der Waals surface area contributed by atoms with E-state index in [-0.39, 0.29) is 0 Å². The summed E-state index contributed by atoms with van der Waals surface area (Å²) in [5.41, 5.74) is 0.162. The van der Waals surface area contributed by atoms with Gasteiger partial charge in [0.05, 0.1) is 6.26 Å². The quantitative estimate of drug-likeness (QED) is 0.866. The number of hydrogen-bond acceptors (Lipinski definition) is 3. The van der Waals surface area contributed by atoms with Gasteiger partial charge in [-0.2, -0.15) is 0 Å². The molecule has 0 spiro atoms. The van der Waals surface area contributed by atoms with Crippen LogP contribution in [0.25, 0.3) is 0 Å². The Balaban J connectivity index is 2.19. The van der Waals surface area contributed by atoms with E-state index in [4.69, 9.17) is 4.42 Å². The van der Waals surface area contributed by atoms with E-state index in [1.807, 2.05) is 56.6 Å². The van der Waals surface area contributed by atoms with Crippen molar-refractivity contribution in [2.24, 2.45) is 0 Å². The van der Waals surface area contributed by atoms with E-state index in [9.17, 15) is 5.11 Å². The zero-order chi connectivity index (χ0) is 13.7. The summed E-state index contributed by atoms with van der Waals surface area (Å²) in [7, 11) is 4.01. The molecule has 3 nitrogen and oxygen atoms in total. The standard InChI is InChI=1S/C16H21NO2/c1-17(2)11-10-16(18,15-9-6-12-19-15)13-14-7-4-3-5-8-14/h3-9,12,18H,10-11,13H2,1-2H3/t16-/m0/s1. The monoisotopic (exact) mass is 259 g/mol. The fourth-order valence-corrected chi connectivity index (χ4v) is 2.18. The highest BCUT2D eigenvalue weighted by molar-refractivity contribution is 5.21. The summed E-state index contributed by atoms with van der Waals surface area (Å²) in [4.78, 5) is 2.07. The molecule has 1 atom stereocenters. The second kappa shape index (κ2) is 6.04. The molecule has 0 aliphatic rings. The topological polar surface area (TPSA) is 36.6 Å². The predicted molar refractivity (Wildman–Crippen MR) is 75.9 cm³/mol. The van der Waals surface area contributed by atoms with E-state index in [0.717, 1.165) is 12.1 Å². The lowest BCUT2D eigenvalue weighted by atomic mass is 9.88. The first kappa shape index (κ1) is 13.8. The average Bonchev–Trinajstić information content (AvgIpc) is 2.92. The Morgan fingerprint density at radius 2 is 1.84 bits per heavy atom. The molecule has 0 unspecified atom stereocenters. The van der Waals surface area contributed by atoms with Crippen LogP contribution in [-0.2, 0) is 12.0 Å². The van der Waals surface area contributed by atoms with Crippen molar-refractivity contribution in [3.8, 4) is 0 Å². The van der Waals surface area contributed by atoms with Crippen LogP contribution in [0.2, 0.25) is 0 Å². The maximum Gasteiger partial charge on any atom is 0.135 e. The van der Waals surface area contributed by atoms with Crippen LogP contribution in [0.15, 0.2) is 53.1 Å². The van der Waals surface area contributed by atoms with Gasteiger partial charge < -0.3 is 14.4 Å². The van der Waals surface area contributed by atoms with Crippen molar-refractivity contribution < 1.29 is 9.52 Å². The molecule has 1 aromatic heterocycles. The first-order valence-electron chi connectivity index (χ1n) is 6.55. The van der Waals surface area contributed by atoms with Crippen LogP contribution in [0.4, 0.5) is 0 Å². The lowest BCUT2D eigenvalue weighted by molar-refractivity contribution is 0.000771. The molecule has 0 fully saturated rings. The van der Waals surface area contributed by atoms with Gasteiger partial charge in [0.25, 0.3) is 0 Å². The van der Waals surface area contributed by atoms with Crippen molar-refractivity contribution in [3.05, 3.63) is 60.1 Å². The highest BCUT2D eigenvalue weighted by Crippen LogP contribution is 2.29. The predicted octanol–water partition coefficient (Wildman–Crippen LogP) is 2.66. The zero-order valence-electron chi connectivity index (χ0n) is 11.5. The molecular weight excluding hydrogens is 238 g/mol. The van der Waals surface area contributed by atoms with Gasteiger partial charge in [0.2, 0.25) is 0 Å². The van der Waals surface area contributed by atoms with Crippen LogP contribution in [-0.4, -0.2) is 30.6 Å². The highest BCUT2D eigenvalue weighted by atomic mass is 16.4. The number of furan rings is 1. The number of benzene rings is 1. The van der Waals surface area contributed by atoms with Gasteiger partial charge in [-0.15, -0.1) is 0 Å². The van der Waals surface area contributed by atoms with Crippen LogP contribution in [0.1, 0.15) is 17.7 Å². The molecule has 0 saturated carbocycles. The molecule has 0 bridgehead atoms. The number of nitrogens with zero attached hydrogens (tertiary/aromatic N) is 1. The fourth-order valence-electron chi connectivity index (χ4n) is 2.18. The minimum absolute atomic E-state index is 0.565. The van der Waals surface area contributed by atoms with E-state index < -0.39 is 5.60 Å². The fraction of sp³-hybridized carbons (Fsp3) is 0.375. The molecular formula is C16H21NO2. The third kappa shape index (κ3) is 3.69. The summed E-state index contributed by atoms with van der Waals surface area (Å²) in [6.45, 7) is 0.810. The normalized spacial score (nSPS) is 14.5. The van der Waals surface area contributed by atoms with E-state index in [1.165, 1.54) is 0 Å². The van der Waals surface area contributed by atoms with Crippen LogP contribution in [0.5, 0.6) is 0 Å². The maximum absolute atomic E-state index is 11.0. The van der Waals surface area contributed by atoms with Crippen molar-refractivity contribution in [1.82, 2.24) is 4.90 Å². The Hall–Kier alpha value is -1.58. The third-order valence-corrected chi connectivity index (χ3v) is 3.29. The Morgan fingerprint density at radius 3 is 2.42 bits per heavy atom. The first-order chi connectivity index (χ1) is 9.10. The molecule has 0 saturated heterocycles. The Bertz CT molecular complexity index is 479. The maximum atomic E-state index is 11.0. The number of rotatable bonds is 6. The molecule has 102 valence electrons. The summed E-state index contributed by atoms with van der Waals surface area (Å²) >= 11 is 0. The van der Waals surface area contributed by atoms with Crippen molar-refractivity contribution in [1.29, 1.82) is 0 Å². The summed E-state index contributed by atoms with van der Waals surface area (Å²) in [6, 6.07) is 13.7. The van der Waals surface area contributed by atoms with Crippen LogP contribution >= 0.6 is 0 Å². The number of hydrogen-bond donors (Lipinski definition) is 1.